The molecule has 6 nitrogen and oxygen atoms in total. The highest BCUT2D eigenvalue weighted by molar-refractivity contribution is 4.83. The second kappa shape index (κ2) is 5.74. The number of hydrogen-bond acceptors (Lipinski definition) is 6. The first-order chi connectivity index (χ1) is 7.10. The van der Waals surface area contributed by atoms with Crippen LogP contribution in [0, 0.1) is 0 Å². The molecule has 6 heteroatoms. The fourth-order valence-electron chi connectivity index (χ4n) is 2.11. The molecule has 0 bridgehead atoms. The summed E-state index contributed by atoms with van der Waals surface area (Å²) in [6.07, 6.45) is 2.39. The molecular weight excluding hydrogens is 192 g/mol. The van der Waals surface area contributed by atoms with E-state index in [9.17, 15) is 0 Å². The fraction of sp³-hybridized carbons (Fsp3) is 1.00. The van der Waals surface area contributed by atoms with Gasteiger partial charge in [0.15, 0.2) is 0 Å². The lowest BCUT2D eigenvalue weighted by molar-refractivity contribution is -0.0123. The Morgan fingerprint density at radius 3 is 2.07 bits per heavy atom. The summed E-state index contributed by atoms with van der Waals surface area (Å²) in [7, 11) is 0. The summed E-state index contributed by atoms with van der Waals surface area (Å²) in [5.41, 5.74) is 17.6. The highest BCUT2D eigenvalue weighted by Crippen LogP contribution is 2.14. The standard InChI is InChI=1S/C9H24N6/c1-3-5-6(4-2)15-8(11)13-7(10)14-9(15)12/h6-9,13-14H,3-5,10-12H2,1-2H3. The molecule has 1 rings (SSSR count). The summed E-state index contributed by atoms with van der Waals surface area (Å²) >= 11 is 0. The van der Waals surface area contributed by atoms with Gasteiger partial charge in [-0.15, -0.1) is 0 Å². The molecule has 90 valence electrons. The molecule has 0 spiro atoms. The van der Waals surface area contributed by atoms with Gasteiger partial charge >= 0.3 is 0 Å². The maximum absolute atomic E-state index is 5.98. The van der Waals surface area contributed by atoms with E-state index in [2.05, 4.69) is 24.5 Å². The topological polar surface area (TPSA) is 105 Å². The van der Waals surface area contributed by atoms with E-state index in [4.69, 9.17) is 17.2 Å². The minimum absolute atomic E-state index is 0.271. The lowest BCUT2D eigenvalue weighted by Crippen LogP contribution is -2.77. The lowest BCUT2D eigenvalue weighted by atomic mass is 10.1. The molecular formula is C9H24N6. The first kappa shape index (κ1) is 12.8. The maximum Gasteiger partial charge on any atom is 0.116 e. The molecule has 1 aliphatic rings. The van der Waals surface area contributed by atoms with Crippen LogP contribution in [0.3, 0.4) is 0 Å². The molecule has 0 amide bonds. The van der Waals surface area contributed by atoms with Crippen molar-refractivity contribution in [2.45, 2.75) is 58.0 Å². The van der Waals surface area contributed by atoms with Crippen LogP contribution in [-0.2, 0) is 0 Å². The van der Waals surface area contributed by atoms with E-state index in [1.54, 1.807) is 0 Å². The van der Waals surface area contributed by atoms with Gasteiger partial charge in [0.2, 0.25) is 0 Å². The van der Waals surface area contributed by atoms with Crippen LogP contribution in [0.15, 0.2) is 0 Å². The molecule has 0 aromatic rings. The molecule has 0 aromatic heterocycles. The first-order valence-electron chi connectivity index (χ1n) is 5.66. The van der Waals surface area contributed by atoms with Gasteiger partial charge in [-0.2, -0.15) is 0 Å². The Hall–Kier alpha value is -0.240. The third-order valence-electron chi connectivity index (χ3n) is 2.86. The molecule has 1 aliphatic heterocycles. The van der Waals surface area contributed by atoms with Crippen LogP contribution in [0.2, 0.25) is 0 Å². The van der Waals surface area contributed by atoms with Crippen LogP contribution in [-0.4, -0.2) is 29.8 Å². The summed E-state index contributed by atoms with van der Waals surface area (Å²) < 4.78 is 0. The van der Waals surface area contributed by atoms with Crippen molar-refractivity contribution in [3.05, 3.63) is 0 Å². The molecule has 1 saturated heterocycles. The predicted octanol–water partition coefficient (Wildman–Crippen LogP) is -1.21. The van der Waals surface area contributed by atoms with Gasteiger partial charge in [-0.1, -0.05) is 20.3 Å². The molecule has 0 aliphatic carbocycles. The molecule has 0 radical (unpaired) electrons. The third kappa shape index (κ3) is 3.10. The SMILES string of the molecule is CCCC(CC)N1C(N)NC(N)NC1N. The van der Waals surface area contributed by atoms with Crippen LogP contribution >= 0.6 is 0 Å². The summed E-state index contributed by atoms with van der Waals surface area (Å²) in [4.78, 5) is 2.05. The van der Waals surface area contributed by atoms with Gasteiger partial charge in [-0.25, -0.2) is 4.90 Å². The van der Waals surface area contributed by atoms with Gasteiger partial charge in [0.1, 0.15) is 18.9 Å². The van der Waals surface area contributed by atoms with E-state index in [0.29, 0.717) is 6.04 Å². The number of nitrogens with zero attached hydrogens (tertiary/aromatic N) is 1. The van der Waals surface area contributed by atoms with Crippen molar-refractivity contribution in [2.24, 2.45) is 17.2 Å². The Bertz CT molecular complexity index is 175. The van der Waals surface area contributed by atoms with Crippen LogP contribution in [0.25, 0.3) is 0 Å². The van der Waals surface area contributed by atoms with Crippen molar-refractivity contribution in [2.75, 3.05) is 0 Å². The molecule has 15 heavy (non-hydrogen) atoms. The van der Waals surface area contributed by atoms with E-state index >= 15 is 0 Å². The molecule has 3 atom stereocenters. The van der Waals surface area contributed by atoms with Crippen LogP contribution in [0.1, 0.15) is 33.1 Å². The van der Waals surface area contributed by atoms with Crippen LogP contribution in [0.5, 0.6) is 0 Å². The molecule has 1 heterocycles. The van der Waals surface area contributed by atoms with Gasteiger partial charge in [0.05, 0.1) is 0 Å². The predicted molar refractivity (Wildman–Crippen MR) is 61.0 cm³/mol. The number of rotatable bonds is 4. The fourth-order valence-corrected chi connectivity index (χ4v) is 2.11. The van der Waals surface area contributed by atoms with Crippen molar-refractivity contribution in [3.8, 4) is 0 Å². The Labute approximate surface area is 91.5 Å². The van der Waals surface area contributed by atoms with Crippen molar-refractivity contribution in [1.29, 1.82) is 0 Å². The quantitative estimate of drug-likeness (QED) is 0.404. The Kier molecular flexibility index (Phi) is 4.91. The monoisotopic (exact) mass is 216 g/mol. The zero-order valence-corrected chi connectivity index (χ0v) is 9.61. The normalized spacial score (nSPS) is 35.4. The summed E-state index contributed by atoms with van der Waals surface area (Å²) in [5.74, 6) is 0. The molecule has 3 unspecified atom stereocenters. The average Bonchev–Trinajstić information content (AvgIpc) is 2.14. The van der Waals surface area contributed by atoms with E-state index in [-0.39, 0.29) is 18.9 Å². The van der Waals surface area contributed by atoms with Gasteiger partial charge in [-0.3, -0.25) is 10.6 Å². The molecule has 1 fully saturated rings. The average molecular weight is 216 g/mol. The second-order valence-electron chi connectivity index (χ2n) is 4.00. The van der Waals surface area contributed by atoms with Gasteiger partial charge in [0, 0.05) is 6.04 Å². The van der Waals surface area contributed by atoms with Crippen molar-refractivity contribution in [3.63, 3.8) is 0 Å². The zero-order valence-electron chi connectivity index (χ0n) is 9.61. The van der Waals surface area contributed by atoms with E-state index in [0.717, 1.165) is 19.3 Å². The second-order valence-corrected chi connectivity index (χ2v) is 4.00. The summed E-state index contributed by atoms with van der Waals surface area (Å²) in [5, 5.41) is 6.05. The zero-order chi connectivity index (χ0) is 11.4. The van der Waals surface area contributed by atoms with Crippen LogP contribution < -0.4 is 27.8 Å². The van der Waals surface area contributed by atoms with Crippen LogP contribution in [0.4, 0.5) is 0 Å². The van der Waals surface area contributed by atoms with Gasteiger partial charge < -0.3 is 17.2 Å². The van der Waals surface area contributed by atoms with E-state index in [1.807, 2.05) is 4.90 Å². The van der Waals surface area contributed by atoms with E-state index in [1.165, 1.54) is 0 Å². The third-order valence-corrected chi connectivity index (χ3v) is 2.86. The minimum Gasteiger partial charge on any atom is -0.303 e. The van der Waals surface area contributed by atoms with E-state index < -0.39 is 0 Å². The Morgan fingerprint density at radius 1 is 1.13 bits per heavy atom. The molecule has 8 N–H and O–H groups in total. The van der Waals surface area contributed by atoms with Gasteiger partial charge in [-0.05, 0) is 12.8 Å². The summed E-state index contributed by atoms with van der Waals surface area (Å²) in [6.45, 7) is 4.31. The highest BCUT2D eigenvalue weighted by atomic mass is 15.5. The first-order valence-corrected chi connectivity index (χ1v) is 5.66. The van der Waals surface area contributed by atoms with Crippen molar-refractivity contribution in [1.82, 2.24) is 15.5 Å². The smallest absolute Gasteiger partial charge is 0.116 e. The van der Waals surface area contributed by atoms with Crippen molar-refractivity contribution >= 4 is 0 Å². The largest absolute Gasteiger partial charge is 0.303 e. The Balaban J connectivity index is 2.64. The van der Waals surface area contributed by atoms with Crippen molar-refractivity contribution < 1.29 is 0 Å². The van der Waals surface area contributed by atoms with Gasteiger partial charge in [0.25, 0.3) is 0 Å². The lowest BCUT2D eigenvalue weighted by Gasteiger charge is -2.46. The highest BCUT2D eigenvalue weighted by Gasteiger charge is 2.32. The number of hydrogen-bond donors (Lipinski definition) is 5. The molecule has 0 aromatic carbocycles. The maximum atomic E-state index is 5.98. The summed E-state index contributed by atoms with van der Waals surface area (Å²) in [6, 6.07) is 0.396. The Morgan fingerprint density at radius 2 is 1.67 bits per heavy atom. The number of nitrogens with two attached hydrogens (primary N) is 3. The minimum atomic E-state index is -0.328. The number of nitrogens with one attached hydrogen (secondary N) is 2. The molecule has 0 saturated carbocycles.